The Morgan fingerprint density at radius 2 is 1.85 bits per heavy atom. The molecule has 4 aromatic rings. The van der Waals surface area contributed by atoms with E-state index in [1.807, 2.05) is 18.3 Å². The standard InChI is InChI=1S/C28H24N2O3/c1-2-24(20-9-11-26-21(15-20)13-14-33-26)28(22-8-10-25-23(16-22)17-29-30-25)19-6-3-18(4-7-19)5-12-27(31)32/h3-12,15-17H,2,13-14H2,1H3,(H,29,30)(H,31,32)/b12-5+,28-24+. The van der Waals surface area contributed by atoms with E-state index in [0.29, 0.717) is 0 Å². The Hall–Kier alpha value is -4.12. The summed E-state index contributed by atoms with van der Waals surface area (Å²) in [6, 6.07) is 20.8. The van der Waals surface area contributed by atoms with Crippen LogP contribution in [0.3, 0.4) is 0 Å². The first-order chi connectivity index (χ1) is 16.1. The SMILES string of the molecule is CC/C(=C(/c1ccc(/C=C/C(=O)O)cc1)c1ccc2[nH]ncc2c1)c1ccc2c(c1)CCO2. The molecular weight excluding hydrogens is 412 g/mol. The number of fused-ring (bicyclic) bond motifs is 2. The Kier molecular flexibility index (Phi) is 5.53. The second-order valence-corrected chi connectivity index (χ2v) is 8.09. The van der Waals surface area contributed by atoms with Crippen LogP contribution in [-0.4, -0.2) is 27.9 Å². The van der Waals surface area contributed by atoms with Crippen molar-refractivity contribution < 1.29 is 14.6 Å². The molecule has 1 aromatic heterocycles. The van der Waals surface area contributed by atoms with E-state index >= 15 is 0 Å². The van der Waals surface area contributed by atoms with Crippen molar-refractivity contribution in [3.8, 4) is 5.75 Å². The van der Waals surface area contributed by atoms with Gasteiger partial charge in [0.05, 0.1) is 18.3 Å². The maximum atomic E-state index is 10.9. The average molecular weight is 437 g/mol. The number of aliphatic carboxylic acids is 1. The van der Waals surface area contributed by atoms with Crippen LogP contribution >= 0.6 is 0 Å². The summed E-state index contributed by atoms with van der Waals surface area (Å²) in [5.74, 6) is 0.0204. The smallest absolute Gasteiger partial charge is 0.328 e. The quantitative estimate of drug-likeness (QED) is 0.289. The number of nitrogens with zero attached hydrogens (tertiary/aromatic N) is 1. The van der Waals surface area contributed by atoms with Gasteiger partial charge in [-0.05, 0) is 75.7 Å². The second kappa shape index (κ2) is 8.79. The van der Waals surface area contributed by atoms with Crippen molar-refractivity contribution in [2.45, 2.75) is 19.8 Å². The summed E-state index contributed by atoms with van der Waals surface area (Å²) in [6.07, 6.45) is 6.39. The van der Waals surface area contributed by atoms with Crippen molar-refractivity contribution in [1.82, 2.24) is 10.2 Å². The highest BCUT2D eigenvalue weighted by Gasteiger charge is 2.17. The number of carbonyl (C=O) groups is 1. The van der Waals surface area contributed by atoms with Crippen molar-refractivity contribution in [2.24, 2.45) is 0 Å². The van der Waals surface area contributed by atoms with Gasteiger partial charge in [0.25, 0.3) is 0 Å². The summed E-state index contributed by atoms with van der Waals surface area (Å²) in [5.41, 5.74) is 8.90. The molecule has 3 aromatic carbocycles. The topological polar surface area (TPSA) is 75.2 Å². The fourth-order valence-electron chi connectivity index (χ4n) is 4.44. The molecule has 2 N–H and O–H groups in total. The molecule has 0 saturated carbocycles. The third-order valence-electron chi connectivity index (χ3n) is 6.04. The Morgan fingerprint density at radius 3 is 2.64 bits per heavy atom. The van der Waals surface area contributed by atoms with Gasteiger partial charge in [-0.25, -0.2) is 4.79 Å². The summed E-state index contributed by atoms with van der Waals surface area (Å²) in [5, 5.41) is 17.2. The van der Waals surface area contributed by atoms with Crippen molar-refractivity contribution in [3.05, 3.63) is 101 Å². The van der Waals surface area contributed by atoms with E-state index in [0.717, 1.165) is 64.4 Å². The number of hydrogen-bond donors (Lipinski definition) is 2. The zero-order valence-electron chi connectivity index (χ0n) is 18.3. The Bertz CT molecular complexity index is 1390. The molecule has 0 bridgehead atoms. The zero-order chi connectivity index (χ0) is 22.8. The number of rotatable bonds is 6. The van der Waals surface area contributed by atoms with Crippen LogP contribution in [0.4, 0.5) is 0 Å². The number of nitrogens with one attached hydrogen (secondary N) is 1. The van der Waals surface area contributed by atoms with Gasteiger partial charge in [-0.2, -0.15) is 5.10 Å². The highest BCUT2D eigenvalue weighted by molar-refractivity contribution is 6.00. The van der Waals surface area contributed by atoms with Crippen LogP contribution in [0.15, 0.2) is 72.9 Å². The maximum Gasteiger partial charge on any atom is 0.328 e. The molecule has 0 spiro atoms. The third-order valence-corrected chi connectivity index (χ3v) is 6.04. The van der Waals surface area contributed by atoms with Crippen LogP contribution in [0.5, 0.6) is 5.75 Å². The van der Waals surface area contributed by atoms with Crippen LogP contribution in [0, 0.1) is 0 Å². The largest absolute Gasteiger partial charge is 0.493 e. The van der Waals surface area contributed by atoms with Gasteiger partial charge in [0.15, 0.2) is 0 Å². The van der Waals surface area contributed by atoms with Gasteiger partial charge in [0, 0.05) is 17.9 Å². The molecule has 0 radical (unpaired) electrons. The van der Waals surface area contributed by atoms with E-state index in [2.05, 4.69) is 65.7 Å². The first-order valence-corrected chi connectivity index (χ1v) is 11.1. The van der Waals surface area contributed by atoms with Gasteiger partial charge in [-0.15, -0.1) is 0 Å². The average Bonchev–Trinajstić information content (AvgIpc) is 3.50. The minimum absolute atomic E-state index is 0.735. The Morgan fingerprint density at radius 1 is 1.06 bits per heavy atom. The van der Waals surface area contributed by atoms with Crippen LogP contribution in [0.1, 0.15) is 41.2 Å². The number of hydrogen-bond acceptors (Lipinski definition) is 3. The van der Waals surface area contributed by atoms with Gasteiger partial charge in [0.1, 0.15) is 5.75 Å². The number of carboxylic acid groups (broad SMARTS) is 1. The number of carboxylic acids is 1. The molecule has 0 aliphatic carbocycles. The minimum Gasteiger partial charge on any atom is -0.493 e. The van der Waals surface area contributed by atoms with Gasteiger partial charge in [-0.1, -0.05) is 43.3 Å². The van der Waals surface area contributed by atoms with E-state index in [1.54, 1.807) is 6.08 Å². The summed E-state index contributed by atoms with van der Waals surface area (Å²) >= 11 is 0. The third kappa shape index (κ3) is 4.17. The Balaban J connectivity index is 1.68. The number of aromatic amines is 1. The molecule has 1 aliphatic rings. The lowest BCUT2D eigenvalue weighted by Gasteiger charge is -2.17. The summed E-state index contributed by atoms with van der Waals surface area (Å²) in [7, 11) is 0. The summed E-state index contributed by atoms with van der Waals surface area (Å²) in [4.78, 5) is 10.9. The predicted molar refractivity (Wildman–Crippen MR) is 131 cm³/mol. The maximum absolute atomic E-state index is 10.9. The molecule has 0 saturated heterocycles. The molecule has 0 amide bonds. The molecule has 5 nitrogen and oxygen atoms in total. The van der Waals surface area contributed by atoms with Crippen molar-refractivity contribution >= 4 is 34.1 Å². The van der Waals surface area contributed by atoms with E-state index in [1.165, 1.54) is 16.7 Å². The summed E-state index contributed by atoms with van der Waals surface area (Å²) in [6.45, 7) is 2.92. The predicted octanol–water partition coefficient (Wildman–Crippen LogP) is 5.96. The first-order valence-electron chi connectivity index (χ1n) is 11.1. The van der Waals surface area contributed by atoms with Crippen molar-refractivity contribution in [2.75, 3.05) is 6.61 Å². The molecule has 0 unspecified atom stereocenters. The molecule has 5 rings (SSSR count). The van der Waals surface area contributed by atoms with Crippen molar-refractivity contribution in [3.63, 3.8) is 0 Å². The highest BCUT2D eigenvalue weighted by atomic mass is 16.5. The van der Waals surface area contributed by atoms with E-state index in [4.69, 9.17) is 9.84 Å². The van der Waals surface area contributed by atoms with Gasteiger partial charge in [-0.3, -0.25) is 5.10 Å². The fraction of sp³-hybridized carbons (Fsp3) is 0.143. The molecular formula is C28H24N2O3. The number of H-pyrrole nitrogens is 1. The lowest BCUT2D eigenvalue weighted by Crippen LogP contribution is -1.96. The van der Waals surface area contributed by atoms with Crippen LogP contribution < -0.4 is 4.74 Å². The van der Waals surface area contributed by atoms with Crippen molar-refractivity contribution in [1.29, 1.82) is 0 Å². The molecule has 0 fully saturated rings. The van der Waals surface area contributed by atoms with E-state index in [-0.39, 0.29) is 0 Å². The van der Waals surface area contributed by atoms with Gasteiger partial charge in [0.2, 0.25) is 0 Å². The van der Waals surface area contributed by atoms with Crippen LogP contribution in [-0.2, 0) is 11.2 Å². The monoisotopic (exact) mass is 436 g/mol. The number of aromatic nitrogens is 2. The first kappa shape index (κ1) is 20.8. The zero-order valence-corrected chi connectivity index (χ0v) is 18.3. The lowest BCUT2D eigenvalue weighted by molar-refractivity contribution is -0.131. The van der Waals surface area contributed by atoms with Gasteiger partial charge >= 0.3 is 5.97 Å². The Labute approximate surface area is 192 Å². The number of benzene rings is 3. The molecule has 33 heavy (non-hydrogen) atoms. The minimum atomic E-state index is -0.957. The van der Waals surface area contributed by atoms with Crippen LogP contribution in [0.25, 0.3) is 28.1 Å². The van der Waals surface area contributed by atoms with E-state index in [9.17, 15) is 4.79 Å². The fourth-order valence-corrected chi connectivity index (χ4v) is 4.44. The number of allylic oxidation sites excluding steroid dienone is 1. The molecule has 0 atom stereocenters. The molecule has 5 heteroatoms. The second-order valence-electron chi connectivity index (χ2n) is 8.09. The molecule has 164 valence electrons. The normalized spacial score (nSPS) is 13.7. The highest BCUT2D eigenvalue weighted by Crippen LogP contribution is 2.37. The molecule has 1 aliphatic heterocycles. The van der Waals surface area contributed by atoms with Gasteiger partial charge < -0.3 is 9.84 Å². The molecule has 2 heterocycles. The van der Waals surface area contributed by atoms with Crippen LogP contribution in [0.2, 0.25) is 0 Å². The summed E-state index contributed by atoms with van der Waals surface area (Å²) < 4.78 is 5.71. The van der Waals surface area contributed by atoms with E-state index < -0.39 is 5.97 Å². The lowest BCUT2D eigenvalue weighted by atomic mass is 9.87. The number of ether oxygens (including phenoxy) is 1.